The van der Waals surface area contributed by atoms with Gasteiger partial charge in [0.25, 0.3) is 0 Å². The minimum absolute atomic E-state index is 0.0619. The van der Waals surface area contributed by atoms with Crippen molar-refractivity contribution in [3.05, 3.63) is 59.0 Å². The number of carbonyl (C=O) groups excluding carboxylic acids is 1. The van der Waals surface area contributed by atoms with Crippen LogP contribution in [0, 0.1) is 11.3 Å². The van der Waals surface area contributed by atoms with E-state index in [0.717, 1.165) is 50.4 Å². The Bertz CT molecular complexity index is 1190. The zero-order chi connectivity index (χ0) is 24.6. The van der Waals surface area contributed by atoms with Crippen LogP contribution in [0.4, 0.5) is 5.13 Å². The van der Waals surface area contributed by atoms with E-state index < -0.39 is 0 Å². The van der Waals surface area contributed by atoms with Gasteiger partial charge in [0.2, 0.25) is 5.91 Å². The monoisotopic (exact) mass is 491 g/mol. The maximum absolute atomic E-state index is 12.7. The maximum Gasteiger partial charge on any atom is 0.240 e. The normalized spacial score (nSPS) is 14.7. The van der Waals surface area contributed by atoms with Gasteiger partial charge < -0.3 is 14.8 Å². The maximum atomic E-state index is 12.7. The predicted octanol–water partition coefficient (Wildman–Crippen LogP) is 3.85. The fraction of sp³-hybridized carbons (Fsp3) is 0.346. The molecule has 1 aliphatic heterocycles. The highest BCUT2D eigenvalue weighted by Gasteiger charge is 2.18. The summed E-state index contributed by atoms with van der Waals surface area (Å²) in [6.07, 6.45) is 1.00. The third kappa shape index (κ3) is 6.57. The van der Waals surface area contributed by atoms with E-state index in [2.05, 4.69) is 26.2 Å². The molecular weight excluding hydrogens is 462 g/mol. The van der Waals surface area contributed by atoms with Crippen molar-refractivity contribution in [2.75, 3.05) is 52.3 Å². The molecule has 3 aromatic rings. The average molecular weight is 492 g/mol. The van der Waals surface area contributed by atoms with Gasteiger partial charge in [0, 0.05) is 36.6 Å². The van der Waals surface area contributed by atoms with Crippen LogP contribution in [0.1, 0.15) is 17.5 Å². The van der Waals surface area contributed by atoms with Crippen molar-refractivity contribution in [3.63, 3.8) is 0 Å². The van der Waals surface area contributed by atoms with Crippen LogP contribution >= 0.6 is 11.3 Å². The zero-order valence-corrected chi connectivity index (χ0v) is 20.8. The highest BCUT2D eigenvalue weighted by molar-refractivity contribution is 7.14. The molecule has 1 fully saturated rings. The third-order valence-corrected chi connectivity index (χ3v) is 6.73. The molecule has 0 bridgehead atoms. The molecule has 0 saturated carbocycles. The van der Waals surface area contributed by atoms with Crippen molar-refractivity contribution in [1.29, 1.82) is 5.26 Å². The van der Waals surface area contributed by atoms with Crippen molar-refractivity contribution in [3.8, 4) is 28.8 Å². The van der Waals surface area contributed by atoms with E-state index in [1.165, 1.54) is 16.9 Å². The first-order valence-corrected chi connectivity index (χ1v) is 12.4. The highest BCUT2D eigenvalue weighted by Crippen LogP contribution is 2.34. The molecule has 1 amide bonds. The van der Waals surface area contributed by atoms with Crippen LogP contribution in [0.15, 0.2) is 47.8 Å². The minimum atomic E-state index is -0.0619. The van der Waals surface area contributed by atoms with Crippen LogP contribution in [0.5, 0.6) is 11.5 Å². The van der Waals surface area contributed by atoms with Gasteiger partial charge in [0.15, 0.2) is 5.13 Å². The Morgan fingerprint density at radius 2 is 1.86 bits per heavy atom. The summed E-state index contributed by atoms with van der Waals surface area (Å²) in [6.45, 7) is 4.77. The van der Waals surface area contributed by atoms with E-state index in [9.17, 15) is 4.79 Å². The summed E-state index contributed by atoms with van der Waals surface area (Å²) >= 11 is 1.40. The summed E-state index contributed by atoms with van der Waals surface area (Å²) < 4.78 is 10.7. The van der Waals surface area contributed by atoms with Gasteiger partial charge in [-0.2, -0.15) is 5.26 Å². The molecule has 8 nitrogen and oxygen atoms in total. The Morgan fingerprint density at radius 1 is 1.09 bits per heavy atom. The molecule has 0 unspecified atom stereocenters. The SMILES string of the molecule is COc1ccc(-c2csc(NC(=O)CN3CCCN(Cc4ccc(C#N)cc4)CC3)n2)c(OC)c1. The second-order valence-electron chi connectivity index (χ2n) is 8.37. The standard InChI is InChI=1S/C26H29N5O3S/c1-33-21-8-9-22(24(14-21)34-2)23-18-35-26(28-23)29-25(32)17-31-11-3-10-30(12-13-31)16-20-6-4-19(15-27)5-7-20/h4-9,14,18H,3,10-13,16-17H2,1-2H3,(H,28,29,32). The van der Waals surface area contributed by atoms with Gasteiger partial charge in [-0.1, -0.05) is 12.1 Å². The number of ether oxygens (including phenoxy) is 2. The number of nitrogens with zero attached hydrogens (tertiary/aromatic N) is 4. The van der Waals surface area contributed by atoms with Crippen LogP contribution < -0.4 is 14.8 Å². The van der Waals surface area contributed by atoms with Gasteiger partial charge in [0.1, 0.15) is 11.5 Å². The Hall–Kier alpha value is -3.45. The number of carbonyl (C=O) groups is 1. The second-order valence-corrected chi connectivity index (χ2v) is 9.22. The lowest BCUT2D eigenvalue weighted by Crippen LogP contribution is -2.36. The summed E-state index contributed by atoms with van der Waals surface area (Å²) in [5.74, 6) is 1.32. The van der Waals surface area contributed by atoms with E-state index in [0.29, 0.717) is 28.7 Å². The number of thiazole rings is 1. The van der Waals surface area contributed by atoms with E-state index in [-0.39, 0.29) is 5.91 Å². The lowest BCUT2D eigenvalue weighted by Gasteiger charge is -2.21. The van der Waals surface area contributed by atoms with E-state index in [4.69, 9.17) is 14.7 Å². The zero-order valence-electron chi connectivity index (χ0n) is 20.0. The van der Waals surface area contributed by atoms with Crippen molar-refractivity contribution in [2.45, 2.75) is 13.0 Å². The number of anilines is 1. The van der Waals surface area contributed by atoms with Crippen LogP contribution in [0.25, 0.3) is 11.3 Å². The molecule has 0 aliphatic carbocycles. The van der Waals surface area contributed by atoms with Crippen LogP contribution in [0.3, 0.4) is 0 Å². The number of hydrogen-bond acceptors (Lipinski definition) is 8. The van der Waals surface area contributed by atoms with Crippen molar-refractivity contribution in [1.82, 2.24) is 14.8 Å². The molecule has 1 N–H and O–H groups in total. The van der Waals surface area contributed by atoms with Gasteiger partial charge in [-0.25, -0.2) is 4.98 Å². The molecule has 2 aromatic carbocycles. The predicted molar refractivity (Wildman–Crippen MR) is 137 cm³/mol. The average Bonchev–Trinajstić information content (AvgIpc) is 3.23. The summed E-state index contributed by atoms with van der Waals surface area (Å²) in [5.41, 5.74) is 3.47. The van der Waals surface area contributed by atoms with Crippen molar-refractivity contribution >= 4 is 22.4 Å². The molecule has 0 spiro atoms. The minimum Gasteiger partial charge on any atom is -0.497 e. The van der Waals surface area contributed by atoms with Gasteiger partial charge in [-0.3, -0.25) is 14.6 Å². The smallest absolute Gasteiger partial charge is 0.240 e. The number of aromatic nitrogens is 1. The topological polar surface area (TPSA) is 90.7 Å². The Morgan fingerprint density at radius 3 is 2.60 bits per heavy atom. The van der Waals surface area contributed by atoms with Gasteiger partial charge >= 0.3 is 0 Å². The molecule has 1 aromatic heterocycles. The fourth-order valence-corrected chi connectivity index (χ4v) is 4.84. The largest absolute Gasteiger partial charge is 0.497 e. The Kier molecular flexibility index (Phi) is 8.32. The molecule has 9 heteroatoms. The first kappa shape index (κ1) is 24.7. The molecule has 0 atom stereocenters. The first-order valence-electron chi connectivity index (χ1n) is 11.5. The molecule has 1 saturated heterocycles. The lowest BCUT2D eigenvalue weighted by molar-refractivity contribution is -0.117. The van der Waals surface area contributed by atoms with E-state index >= 15 is 0 Å². The number of amides is 1. The molecular formula is C26H29N5O3S. The molecule has 1 aliphatic rings. The summed E-state index contributed by atoms with van der Waals surface area (Å²) in [4.78, 5) is 21.9. The fourth-order valence-electron chi connectivity index (χ4n) is 4.11. The van der Waals surface area contributed by atoms with Crippen LogP contribution in [-0.2, 0) is 11.3 Å². The quantitative estimate of drug-likeness (QED) is 0.512. The molecule has 0 radical (unpaired) electrons. The summed E-state index contributed by atoms with van der Waals surface area (Å²) in [5, 5.41) is 14.4. The number of methoxy groups -OCH3 is 2. The van der Waals surface area contributed by atoms with E-state index in [1.54, 1.807) is 14.2 Å². The van der Waals surface area contributed by atoms with Crippen LogP contribution in [0.2, 0.25) is 0 Å². The molecule has 2 heterocycles. The number of nitrogens with one attached hydrogen (secondary N) is 1. The van der Waals surface area contributed by atoms with Crippen LogP contribution in [-0.4, -0.2) is 67.6 Å². The number of benzene rings is 2. The molecule has 182 valence electrons. The van der Waals surface area contributed by atoms with Gasteiger partial charge in [0.05, 0.1) is 38.1 Å². The van der Waals surface area contributed by atoms with Gasteiger partial charge in [-0.05, 0) is 49.3 Å². The number of rotatable bonds is 8. The molecule has 4 rings (SSSR count). The number of hydrogen-bond donors (Lipinski definition) is 1. The lowest BCUT2D eigenvalue weighted by atomic mass is 10.1. The van der Waals surface area contributed by atoms with E-state index in [1.807, 2.05) is 47.8 Å². The third-order valence-electron chi connectivity index (χ3n) is 5.97. The first-order chi connectivity index (χ1) is 17.1. The van der Waals surface area contributed by atoms with Crippen molar-refractivity contribution in [2.24, 2.45) is 0 Å². The summed E-state index contributed by atoms with van der Waals surface area (Å²) in [6, 6.07) is 15.5. The second kappa shape index (κ2) is 11.8. The molecule has 35 heavy (non-hydrogen) atoms. The van der Waals surface area contributed by atoms with Crippen molar-refractivity contribution < 1.29 is 14.3 Å². The Balaban J connectivity index is 1.29. The summed E-state index contributed by atoms with van der Waals surface area (Å²) in [7, 11) is 3.22. The van der Waals surface area contributed by atoms with Gasteiger partial charge in [-0.15, -0.1) is 11.3 Å². The Labute approximate surface area is 209 Å². The highest BCUT2D eigenvalue weighted by atomic mass is 32.1. The number of nitriles is 1.